The summed E-state index contributed by atoms with van der Waals surface area (Å²) in [7, 11) is 0. The number of halogens is 1. The minimum Gasteiger partial charge on any atom is -0.396 e. The van der Waals surface area contributed by atoms with Gasteiger partial charge in [-0.05, 0) is 18.6 Å². The third-order valence-corrected chi connectivity index (χ3v) is 3.33. The largest absolute Gasteiger partial charge is 0.396 e. The highest BCUT2D eigenvalue weighted by molar-refractivity contribution is 6.30. The number of aliphatic hydroxyl groups is 1. The SMILES string of the molecule is CCC(C)(CO)CNc1ccc(Cl)cc1[N+](=O)[O-]. The predicted molar refractivity (Wildman–Crippen MR) is 72.1 cm³/mol. The molecule has 2 N–H and O–H groups in total. The molecule has 1 unspecified atom stereocenters. The van der Waals surface area contributed by atoms with Gasteiger partial charge in [0.25, 0.3) is 5.69 Å². The Hall–Kier alpha value is -1.33. The molecule has 0 radical (unpaired) electrons. The number of rotatable bonds is 6. The summed E-state index contributed by atoms with van der Waals surface area (Å²) < 4.78 is 0. The molecule has 0 fully saturated rings. The van der Waals surface area contributed by atoms with Gasteiger partial charge in [-0.2, -0.15) is 0 Å². The molecule has 1 atom stereocenters. The van der Waals surface area contributed by atoms with Gasteiger partial charge in [-0.1, -0.05) is 25.4 Å². The zero-order chi connectivity index (χ0) is 13.8. The molecule has 1 aromatic rings. The molecule has 100 valence electrons. The van der Waals surface area contributed by atoms with E-state index in [1.54, 1.807) is 12.1 Å². The van der Waals surface area contributed by atoms with Gasteiger partial charge in [-0.15, -0.1) is 0 Å². The molecule has 0 amide bonds. The summed E-state index contributed by atoms with van der Waals surface area (Å²) in [6.45, 7) is 4.37. The highest BCUT2D eigenvalue weighted by Crippen LogP contribution is 2.29. The van der Waals surface area contributed by atoms with Gasteiger partial charge in [0, 0.05) is 23.0 Å². The van der Waals surface area contributed by atoms with Crippen LogP contribution in [0.15, 0.2) is 18.2 Å². The van der Waals surface area contributed by atoms with Crippen LogP contribution >= 0.6 is 11.6 Å². The lowest BCUT2D eigenvalue weighted by atomic mass is 9.88. The van der Waals surface area contributed by atoms with E-state index in [1.165, 1.54) is 6.07 Å². The number of nitro benzene ring substituents is 1. The molecular formula is C12H17ClN2O3. The molecule has 5 nitrogen and oxygen atoms in total. The minimum atomic E-state index is -0.476. The Labute approximate surface area is 111 Å². The number of anilines is 1. The smallest absolute Gasteiger partial charge is 0.293 e. The zero-order valence-electron chi connectivity index (χ0n) is 10.4. The van der Waals surface area contributed by atoms with E-state index in [0.29, 0.717) is 17.3 Å². The minimum absolute atomic E-state index is 0.0257. The standard InChI is InChI=1S/C12H17ClN2O3/c1-3-12(2,8-16)7-14-10-5-4-9(13)6-11(10)15(17)18/h4-6,14,16H,3,7-8H2,1-2H3. The van der Waals surface area contributed by atoms with Gasteiger partial charge in [0.05, 0.1) is 11.5 Å². The van der Waals surface area contributed by atoms with E-state index in [0.717, 1.165) is 6.42 Å². The first kappa shape index (κ1) is 14.7. The number of benzene rings is 1. The second kappa shape index (κ2) is 6.02. The Morgan fingerprint density at radius 3 is 2.72 bits per heavy atom. The average Bonchev–Trinajstić information content (AvgIpc) is 2.36. The normalized spacial score (nSPS) is 14.0. The maximum absolute atomic E-state index is 10.9. The second-order valence-corrected chi connectivity index (χ2v) is 5.03. The monoisotopic (exact) mass is 272 g/mol. The molecule has 0 bridgehead atoms. The summed E-state index contributed by atoms with van der Waals surface area (Å²) in [5.41, 5.74) is 0.0597. The van der Waals surface area contributed by atoms with Crippen molar-refractivity contribution in [1.82, 2.24) is 0 Å². The predicted octanol–water partition coefficient (Wildman–Crippen LogP) is 3.07. The van der Waals surface area contributed by atoms with Gasteiger partial charge in [-0.3, -0.25) is 10.1 Å². The lowest BCUT2D eigenvalue weighted by molar-refractivity contribution is -0.384. The third kappa shape index (κ3) is 3.58. The van der Waals surface area contributed by atoms with E-state index in [1.807, 2.05) is 13.8 Å². The Kier molecular flexibility index (Phi) is 4.93. The van der Waals surface area contributed by atoms with E-state index in [2.05, 4.69) is 5.32 Å². The molecule has 0 spiro atoms. The molecule has 0 heterocycles. The molecular weight excluding hydrogens is 256 g/mol. The van der Waals surface area contributed by atoms with Crippen molar-refractivity contribution in [1.29, 1.82) is 0 Å². The lowest BCUT2D eigenvalue weighted by Gasteiger charge is -2.26. The average molecular weight is 273 g/mol. The van der Waals surface area contributed by atoms with Crippen molar-refractivity contribution in [2.45, 2.75) is 20.3 Å². The van der Waals surface area contributed by atoms with Gasteiger partial charge >= 0.3 is 0 Å². The maximum Gasteiger partial charge on any atom is 0.293 e. The Balaban J connectivity index is 2.88. The van der Waals surface area contributed by atoms with Crippen LogP contribution < -0.4 is 5.32 Å². The number of nitrogens with one attached hydrogen (secondary N) is 1. The molecule has 18 heavy (non-hydrogen) atoms. The van der Waals surface area contributed by atoms with E-state index in [-0.39, 0.29) is 17.7 Å². The van der Waals surface area contributed by atoms with Crippen LogP contribution in [-0.4, -0.2) is 23.2 Å². The number of hydrogen-bond acceptors (Lipinski definition) is 4. The lowest BCUT2D eigenvalue weighted by Crippen LogP contribution is -2.29. The first-order chi connectivity index (χ1) is 8.41. The van der Waals surface area contributed by atoms with E-state index >= 15 is 0 Å². The maximum atomic E-state index is 10.9. The van der Waals surface area contributed by atoms with Gasteiger partial charge in [0.1, 0.15) is 5.69 Å². The number of hydrogen-bond donors (Lipinski definition) is 2. The Morgan fingerprint density at radius 2 is 2.22 bits per heavy atom. The number of nitro groups is 1. The van der Waals surface area contributed by atoms with E-state index in [4.69, 9.17) is 11.6 Å². The van der Waals surface area contributed by atoms with Gasteiger partial charge in [-0.25, -0.2) is 0 Å². The highest BCUT2D eigenvalue weighted by Gasteiger charge is 2.22. The summed E-state index contributed by atoms with van der Waals surface area (Å²) in [4.78, 5) is 10.4. The number of aliphatic hydroxyl groups excluding tert-OH is 1. The van der Waals surface area contributed by atoms with Gasteiger partial charge in [0.2, 0.25) is 0 Å². The van der Waals surface area contributed by atoms with Crippen molar-refractivity contribution in [2.24, 2.45) is 5.41 Å². The van der Waals surface area contributed by atoms with Gasteiger partial charge in [0.15, 0.2) is 0 Å². The fourth-order valence-electron chi connectivity index (χ4n) is 1.41. The fraction of sp³-hybridized carbons (Fsp3) is 0.500. The summed E-state index contributed by atoms with van der Waals surface area (Å²) in [6.07, 6.45) is 0.776. The zero-order valence-corrected chi connectivity index (χ0v) is 11.2. The molecule has 0 saturated heterocycles. The quantitative estimate of drug-likeness (QED) is 0.616. The third-order valence-electron chi connectivity index (χ3n) is 3.10. The van der Waals surface area contributed by atoms with Crippen molar-refractivity contribution in [3.63, 3.8) is 0 Å². The fourth-order valence-corrected chi connectivity index (χ4v) is 1.57. The Bertz CT molecular complexity index is 433. The molecule has 0 aliphatic rings. The van der Waals surface area contributed by atoms with E-state index in [9.17, 15) is 15.2 Å². The summed E-state index contributed by atoms with van der Waals surface area (Å²) >= 11 is 5.73. The molecule has 0 aromatic heterocycles. The van der Waals surface area contributed by atoms with Gasteiger partial charge < -0.3 is 10.4 Å². The summed E-state index contributed by atoms with van der Waals surface area (Å²) in [5.74, 6) is 0. The molecule has 0 aliphatic carbocycles. The van der Waals surface area contributed by atoms with Crippen molar-refractivity contribution in [2.75, 3.05) is 18.5 Å². The summed E-state index contributed by atoms with van der Waals surface area (Å²) in [6, 6.07) is 4.49. The molecule has 0 saturated carbocycles. The topological polar surface area (TPSA) is 75.4 Å². The van der Waals surface area contributed by atoms with Crippen molar-refractivity contribution >= 4 is 23.0 Å². The second-order valence-electron chi connectivity index (χ2n) is 4.59. The van der Waals surface area contributed by atoms with Crippen LogP contribution in [0.1, 0.15) is 20.3 Å². The van der Waals surface area contributed by atoms with Crippen LogP contribution in [0.5, 0.6) is 0 Å². The Morgan fingerprint density at radius 1 is 1.56 bits per heavy atom. The van der Waals surface area contributed by atoms with Crippen molar-refractivity contribution in [3.05, 3.63) is 33.3 Å². The van der Waals surface area contributed by atoms with Crippen molar-refractivity contribution in [3.8, 4) is 0 Å². The number of nitrogens with zero attached hydrogens (tertiary/aromatic N) is 1. The molecule has 1 aromatic carbocycles. The highest BCUT2D eigenvalue weighted by atomic mass is 35.5. The van der Waals surface area contributed by atoms with Crippen LogP contribution in [0.3, 0.4) is 0 Å². The first-order valence-corrected chi connectivity index (χ1v) is 6.08. The van der Waals surface area contributed by atoms with Crippen molar-refractivity contribution < 1.29 is 10.0 Å². The first-order valence-electron chi connectivity index (χ1n) is 5.70. The van der Waals surface area contributed by atoms with Crippen LogP contribution in [0.2, 0.25) is 5.02 Å². The molecule has 6 heteroatoms. The molecule has 0 aliphatic heterocycles. The van der Waals surface area contributed by atoms with Crippen LogP contribution in [0.25, 0.3) is 0 Å². The van der Waals surface area contributed by atoms with Crippen LogP contribution in [-0.2, 0) is 0 Å². The van der Waals surface area contributed by atoms with Crippen LogP contribution in [0.4, 0.5) is 11.4 Å². The molecule has 1 rings (SSSR count). The summed E-state index contributed by atoms with van der Waals surface area (Å²) in [5, 5.41) is 23.5. The van der Waals surface area contributed by atoms with Crippen LogP contribution in [0, 0.1) is 15.5 Å². The van der Waals surface area contributed by atoms with E-state index < -0.39 is 4.92 Å².